The minimum absolute atomic E-state index is 0.586. The fourth-order valence-corrected chi connectivity index (χ4v) is 8.11. The highest BCUT2D eigenvalue weighted by molar-refractivity contribution is 6.10. The molecule has 0 unspecified atom stereocenters. The first-order chi connectivity index (χ1) is 25.3. The van der Waals surface area contributed by atoms with Crippen molar-refractivity contribution in [3.63, 3.8) is 0 Å². The topological polar surface area (TPSA) is 69.0 Å². The van der Waals surface area contributed by atoms with Crippen molar-refractivity contribution in [1.29, 1.82) is 0 Å². The lowest BCUT2D eigenvalue weighted by molar-refractivity contribution is 0.347. The monoisotopic (exact) mass is 660 g/mol. The van der Waals surface area contributed by atoms with Crippen LogP contribution < -0.4 is 0 Å². The summed E-state index contributed by atoms with van der Waals surface area (Å²) in [6.07, 6.45) is 0. The van der Waals surface area contributed by atoms with E-state index in [2.05, 4.69) is 137 Å². The van der Waals surface area contributed by atoms with E-state index in [4.69, 9.17) is 19.4 Å². The molecular weight excluding hydrogens is 629 g/mol. The van der Waals surface area contributed by atoms with Crippen molar-refractivity contribution in [3.8, 4) is 33.6 Å². The fraction of sp³-hybridized carbons (Fsp3) is 0.111. The molecule has 2 aromatic heterocycles. The number of pyridine rings is 2. The maximum absolute atomic E-state index is 5.84. The Labute approximate surface area is 295 Å². The van der Waals surface area contributed by atoms with Gasteiger partial charge in [0.1, 0.15) is 24.6 Å². The van der Waals surface area contributed by atoms with Crippen molar-refractivity contribution >= 4 is 22.6 Å². The maximum atomic E-state index is 5.84. The quantitative estimate of drug-likeness (QED) is 0.179. The van der Waals surface area contributed by atoms with Gasteiger partial charge in [-0.05, 0) is 80.6 Å². The molecular formula is C45H32N4O2. The standard InChI is InChI=1S/C45H32N4O2/c1-3-11-30(12-4-1)45(31-13-5-2-6-14-31)36-27-29(38-17-9-19-40(48-38)43-46-23-25-50-43)21-22-34(36)42-33-16-8-7-15-32(33)35(28-37(42)45)39-18-10-20-41(49-39)44-47-24-26-51-44/h1-22,27-28H,23-26H2. The molecule has 1 aliphatic carbocycles. The second-order valence-electron chi connectivity index (χ2n) is 13.0. The molecule has 0 radical (unpaired) electrons. The van der Waals surface area contributed by atoms with E-state index in [-0.39, 0.29) is 0 Å². The average molecular weight is 661 g/mol. The van der Waals surface area contributed by atoms with Gasteiger partial charge in [0.05, 0.1) is 29.9 Å². The number of nitrogens with zero attached hydrogens (tertiary/aromatic N) is 4. The Morgan fingerprint density at radius 3 is 1.65 bits per heavy atom. The third-order valence-corrected chi connectivity index (χ3v) is 10.2. The zero-order valence-corrected chi connectivity index (χ0v) is 27.8. The number of ether oxygens (including phenoxy) is 2. The van der Waals surface area contributed by atoms with Crippen molar-refractivity contribution in [3.05, 3.63) is 179 Å². The van der Waals surface area contributed by atoms with E-state index in [9.17, 15) is 0 Å². The van der Waals surface area contributed by atoms with E-state index in [1.54, 1.807) is 0 Å². The van der Waals surface area contributed by atoms with Crippen LogP contribution in [0.2, 0.25) is 0 Å². The smallest absolute Gasteiger partial charge is 0.235 e. The Bertz CT molecular complexity index is 2500. The number of hydrogen-bond donors (Lipinski definition) is 0. The average Bonchev–Trinajstić information content (AvgIpc) is 4.00. The minimum Gasteiger partial charge on any atom is -0.474 e. The fourth-order valence-electron chi connectivity index (χ4n) is 8.11. The molecule has 6 heteroatoms. The van der Waals surface area contributed by atoms with Crippen molar-refractivity contribution in [2.24, 2.45) is 9.98 Å². The van der Waals surface area contributed by atoms with Gasteiger partial charge in [0.15, 0.2) is 0 Å². The molecule has 0 saturated carbocycles. The van der Waals surface area contributed by atoms with Crippen LogP contribution in [0.5, 0.6) is 0 Å². The molecule has 0 fully saturated rings. The lowest BCUT2D eigenvalue weighted by Gasteiger charge is -2.34. The molecule has 0 bridgehead atoms. The Morgan fingerprint density at radius 2 is 1.02 bits per heavy atom. The van der Waals surface area contributed by atoms with Crippen molar-refractivity contribution in [1.82, 2.24) is 9.97 Å². The first kappa shape index (κ1) is 29.5. The molecule has 4 heterocycles. The predicted molar refractivity (Wildman–Crippen MR) is 202 cm³/mol. The summed E-state index contributed by atoms with van der Waals surface area (Å²) in [5, 5.41) is 2.33. The normalized spacial score (nSPS) is 15.5. The Kier molecular flexibility index (Phi) is 6.88. The summed E-state index contributed by atoms with van der Waals surface area (Å²) in [5.74, 6) is 1.21. The molecule has 51 heavy (non-hydrogen) atoms. The molecule has 2 aliphatic heterocycles. The highest BCUT2D eigenvalue weighted by Gasteiger charge is 2.47. The second kappa shape index (κ2) is 11.9. The van der Waals surface area contributed by atoms with Gasteiger partial charge >= 0.3 is 0 Å². The summed E-state index contributed by atoms with van der Waals surface area (Å²) in [6.45, 7) is 2.49. The third kappa shape index (κ3) is 4.63. The molecule has 3 aliphatic rings. The summed E-state index contributed by atoms with van der Waals surface area (Å²) in [5.41, 5.74) is 12.0. The van der Waals surface area contributed by atoms with Gasteiger partial charge in [-0.15, -0.1) is 0 Å². The summed E-state index contributed by atoms with van der Waals surface area (Å²) in [7, 11) is 0. The zero-order chi connectivity index (χ0) is 33.8. The molecule has 6 nitrogen and oxygen atoms in total. The lowest BCUT2D eigenvalue weighted by Crippen LogP contribution is -2.28. The van der Waals surface area contributed by atoms with Crippen molar-refractivity contribution in [2.45, 2.75) is 5.41 Å². The van der Waals surface area contributed by atoms with Gasteiger partial charge in [0.25, 0.3) is 0 Å². The van der Waals surface area contributed by atoms with Gasteiger partial charge in [-0.25, -0.2) is 20.0 Å². The van der Waals surface area contributed by atoms with E-state index in [0.29, 0.717) is 38.1 Å². The number of aliphatic imine (C=N–C) groups is 2. The molecule has 244 valence electrons. The van der Waals surface area contributed by atoms with E-state index < -0.39 is 5.41 Å². The van der Waals surface area contributed by atoms with Crippen LogP contribution in [0.25, 0.3) is 44.4 Å². The van der Waals surface area contributed by atoms with Crippen LogP contribution in [0.4, 0.5) is 0 Å². The number of rotatable bonds is 6. The molecule has 0 atom stereocenters. The Hall–Kier alpha value is -6.40. The second-order valence-corrected chi connectivity index (χ2v) is 13.0. The van der Waals surface area contributed by atoms with Crippen LogP contribution in [0.1, 0.15) is 33.6 Å². The highest BCUT2D eigenvalue weighted by atomic mass is 16.5. The van der Waals surface area contributed by atoms with Crippen molar-refractivity contribution in [2.75, 3.05) is 26.3 Å². The molecule has 5 aromatic carbocycles. The van der Waals surface area contributed by atoms with Crippen LogP contribution >= 0.6 is 0 Å². The molecule has 10 rings (SSSR count). The lowest BCUT2D eigenvalue weighted by atomic mass is 9.67. The van der Waals surface area contributed by atoms with Crippen molar-refractivity contribution < 1.29 is 9.47 Å². The number of fused-ring (bicyclic) bond motifs is 5. The number of hydrogen-bond acceptors (Lipinski definition) is 6. The first-order valence-corrected chi connectivity index (χ1v) is 17.4. The van der Waals surface area contributed by atoms with Gasteiger partial charge in [-0.1, -0.05) is 109 Å². The first-order valence-electron chi connectivity index (χ1n) is 17.4. The van der Waals surface area contributed by atoms with Gasteiger partial charge in [-0.2, -0.15) is 0 Å². The zero-order valence-electron chi connectivity index (χ0n) is 27.8. The van der Waals surface area contributed by atoms with Crippen LogP contribution in [-0.2, 0) is 14.9 Å². The SMILES string of the molecule is c1ccc(C2(c3ccccc3)c3cc(-c4cccc(C5=NCCO5)n4)ccc3-c3c2cc(-c2cccc(C4=NCCO4)n2)c2ccccc32)cc1. The summed E-state index contributed by atoms with van der Waals surface area (Å²) < 4.78 is 11.6. The maximum Gasteiger partial charge on any atom is 0.235 e. The third-order valence-electron chi connectivity index (χ3n) is 10.2. The molecule has 7 aromatic rings. The highest BCUT2D eigenvalue weighted by Crippen LogP contribution is 2.59. The largest absolute Gasteiger partial charge is 0.474 e. The van der Waals surface area contributed by atoms with E-state index in [0.717, 1.165) is 39.3 Å². The van der Waals surface area contributed by atoms with E-state index >= 15 is 0 Å². The van der Waals surface area contributed by atoms with Crippen LogP contribution in [0.3, 0.4) is 0 Å². The Morgan fingerprint density at radius 1 is 0.451 bits per heavy atom. The molecule has 0 amide bonds. The van der Waals surface area contributed by atoms with Crippen LogP contribution in [-0.4, -0.2) is 48.1 Å². The summed E-state index contributed by atoms with van der Waals surface area (Å²) >= 11 is 0. The Balaban J connectivity index is 1.28. The minimum atomic E-state index is -0.630. The summed E-state index contributed by atoms with van der Waals surface area (Å²) in [6, 6.07) is 51.9. The van der Waals surface area contributed by atoms with E-state index in [1.807, 2.05) is 18.2 Å². The van der Waals surface area contributed by atoms with Gasteiger partial charge in [0.2, 0.25) is 11.8 Å². The van der Waals surface area contributed by atoms with Gasteiger partial charge in [0, 0.05) is 11.1 Å². The molecule has 0 N–H and O–H groups in total. The molecule has 0 saturated heterocycles. The van der Waals surface area contributed by atoms with Gasteiger partial charge < -0.3 is 9.47 Å². The predicted octanol–water partition coefficient (Wildman–Crippen LogP) is 8.88. The van der Waals surface area contributed by atoms with E-state index in [1.165, 1.54) is 38.8 Å². The van der Waals surface area contributed by atoms with Crippen LogP contribution in [0, 0.1) is 0 Å². The number of benzene rings is 5. The summed E-state index contributed by atoms with van der Waals surface area (Å²) in [4.78, 5) is 19.3. The molecule has 0 spiro atoms. The number of aromatic nitrogens is 2. The van der Waals surface area contributed by atoms with Gasteiger partial charge in [-0.3, -0.25) is 0 Å². The van der Waals surface area contributed by atoms with Crippen LogP contribution in [0.15, 0.2) is 156 Å².